The van der Waals surface area contributed by atoms with Gasteiger partial charge >= 0.3 is 0 Å². The third-order valence-corrected chi connectivity index (χ3v) is 5.15. The smallest absolute Gasteiger partial charge is 0.0318 e. The van der Waals surface area contributed by atoms with E-state index in [9.17, 15) is 0 Å². The molecule has 0 amide bonds. The summed E-state index contributed by atoms with van der Waals surface area (Å²) in [5, 5.41) is 0. The standard InChI is InChI=1S/C23H45N/c1-9-16-23(8,24)18-22(6,7)17-12-10-11-13-20(4)21(5)15-14-19(2)3/h9,12,16-17,19-21H,10-11,13-15,18,24H2,1-8H3/b16-9+,17-12+. The fourth-order valence-electron chi connectivity index (χ4n) is 3.61. The van der Waals surface area contributed by atoms with Crippen LogP contribution >= 0.6 is 0 Å². The Kier molecular flexibility index (Phi) is 10.9. The molecule has 24 heavy (non-hydrogen) atoms. The van der Waals surface area contributed by atoms with Crippen LogP contribution in [0, 0.1) is 23.2 Å². The van der Waals surface area contributed by atoms with E-state index in [4.69, 9.17) is 5.73 Å². The van der Waals surface area contributed by atoms with E-state index in [2.05, 4.69) is 72.8 Å². The first-order valence-corrected chi connectivity index (χ1v) is 10.1. The topological polar surface area (TPSA) is 26.0 Å². The molecule has 1 heteroatoms. The van der Waals surface area contributed by atoms with E-state index in [1.54, 1.807) is 0 Å². The van der Waals surface area contributed by atoms with Crippen molar-refractivity contribution in [3.63, 3.8) is 0 Å². The summed E-state index contributed by atoms with van der Waals surface area (Å²) in [7, 11) is 0. The van der Waals surface area contributed by atoms with Crippen molar-refractivity contribution < 1.29 is 0 Å². The van der Waals surface area contributed by atoms with Crippen LogP contribution in [0.15, 0.2) is 24.3 Å². The van der Waals surface area contributed by atoms with Crippen molar-refractivity contribution in [3.05, 3.63) is 24.3 Å². The molecule has 0 heterocycles. The van der Waals surface area contributed by atoms with Gasteiger partial charge in [0.1, 0.15) is 0 Å². The van der Waals surface area contributed by atoms with Crippen molar-refractivity contribution >= 4 is 0 Å². The van der Waals surface area contributed by atoms with Crippen LogP contribution in [0.5, 0.6) is 0 Å². The quantitative estimate of drug-likeness (QED) is 0.298. The van der Waals surface area contributed by atoms with E-state index >= 15 is 0 Å². The Labute approximate surface area is 153 Å². The van der Waals surface area contributed by atoms with Crippen LogP contribution in [0.2, 0.25) is 0 Å². The molecule has 3 atom stereocenters. The fourth-order valence-corrected chi connectivity index (χ4v) is 3.61. The van der Waals surface area contributed by atoms with Crippen molar-refractivity contribution in [1.82, 2.24) is 0 Å². The van der Waals surface area contributed by atoms with Crippen LogP contribution in [-0.2, 0) is 0 Å². The average molecular weight is 336 g/mol. The number of allylic oxidation sites excluding steroid dienone is 3. The maximum absolute atomic E-state index is 6.35. The van der Waals surface area contributed by atoms with Gasteiger partial charge in [0.25, 0.3) is 0 Å². The Bertz CT molecular complexity index is 373. The van der Waals surface area contributed by atoms with Gasteiger partial charge in [-0.3, -0.25) is 0 Å². The first-order chi connectivity index (χ1) is 11.0. The maximum Gasteiger partial charge on any atom is 0.0318 e. The fraction of sp³-hybridized carbons (Fsp3) is 0.826. The summed E-state index contributed by atoms with van der Waals surface area (Å²) in [6, 6.07) is 0. The predicted octanol–water partition coefficient (Wildman–Crippen LogP) is 7.13. The summed E-state index contributed by atoms with van der Waals surface area (Å²) in [6.45, 7) is 18.2. The van der Waals surface area contributed by atoms with Gasteiger partial charge in [0.2, 0.25) is 0 Å². The minimum atomic E-state index is -0.219. The van der Waals surface area contributed by atoms with Gasteiger partial charge in [0.05, 0.1) is 0 Å². The van der Waals surface area contributed by atoms with Gasteiger partial charge in [0, 0.05) is 5.54 Å². The van der Waals surface area contributed by atoms with Gasteiger partial charge in [0.15, 0.2) is 0 Å². The number of rotatable bonds is 12. The van der Waals surface area contributed by atoms with Gasteiger partial charge in [-0.1, -0.05) is 85.1 Å². The molecule has 3 unspecified atom stereocenters. The van der Waals surface area contributed by atoms with Crippen LogP contribution < -0.4 is 5.73 Å². The van der Waals surface area contributed by atoms with E-state index in [1.807, 2.05) is 6.92 Å². The van der Waals surface area contributed by atoms with Gasteiger partial charge in [-0.25, -0.2) is 0 Å². The molecule has 142 valence electrons. The second kappa shape index (κ2) is 11.1. The normalized spacial score (nSPS) is 18.4. The van der Waals surface area contributed by atoms with Crippen molar-refractivity contribution in [1.29, 1.82) is 0 Å². The Hall–Kier alpha value is -0.560. The van der Waals surface area contributed by atoms with E-state index in [-0.39, 0.29) is 11.0 Å². The zero-order valence-corrected chi connectivity index (χ0v) is 17.9. The first kappa shape index (κ1) is 23.4. The van der Waals surface area contributed by atoms with Crippen molar-refractivity contribution in [2.24, 2.45) is 28.9 Å². The highest BCUT2D eigenvalue weighted by atomic mass is 14.7. The molecule has 0 aliphatic heterocycles. The monoisotopic (exact) mass is 335 g/mol. The van der Waals surface area contributed by atoms with Crippen molar-refractivity contribution in [2.75, 3.05) is 0 Å². The lowest BCUT2D eigenvalue weighted by Crippen LogP contribution is -2.38. The molecular formula is C23H45N. The second-order valence-corrected chi connectivity index (χ2v) is 9.43. The molecule has 0 spiro atoms. The molecule has 1 nitrogen and oxygen atoms in total. The number of hydrogen-bond acceptors (Lipinski definition) is 1. The zero-order valence-electron chi connectivity index (χ0n) is 17.9. The Morgan fingerprint density at radius 3 is 2.00 bits per heavy atom. The van der Waals surface area contributed by atoms with E-state index in [1.165, 1.54) is 32.1 Å². The molecule has 0 rings (SSSR count). The van der Waals surface area contributed by atoms with Crippen LogP contribution in [-0.4, -0.2) is 5.54 Å². The molecule has 0 saturated carbocycles. The van der Waals surface area contributed by atoms with Crippen LogP contribution in [0.3, 0.4) is 0 Å². The van der Waals surface area contributed by atoms with E-state index in [0.717, 1.165) is 24.2 Å². The van der Waals surface area contributed by atoms with Gasteiger partial charge < -0.3 is 5.73 Å². The summed E-state index contributed by atoms with van der Waals surface area (Å²) >= 11 is 0. The Morgan fingerprint density at radius 2 is 1.46 bits per heavy atom. The highest BCUT2D eigenvalue weighted by Gasteiger charge is 2.24. The van der Waals surface area contributed by atoms with E-state index < -0.39 is 0 Å². The number of unbranched alkanes of at least 4 members (excludes halogenated alkanes) is 1. The molecule has 0 aromatic rings. The molecule has 0 aromatic heterocycles. The maximum atomic E-state index is 6.35. The lowest BCUT2D eigenvalue weighted by atomic mass is 9.79. The van der Waals surface area contributed by atoms with E-state index in [0.29, 0.717) is 0 Å². The molecular weight excluding hydrogens is 290 g/mol. The minimum Gasteiger partial charge on any atom is -0.322 e. The Balaban J connectivity index is 4.15. The first-order valence-electron chi connectivity index (χ1n) is 10.1. The molecule has 0 bridgehead atoms. The van der Waals surface area contributed by atoms with Crippen LogP contribution in [0.1, 0.15) is 93.9 Å². The predicted molar refractivity (Wildman–Crippen MR) is 111 cm³/mol. The second-order valence-electron chi connectivity index (χ2n) is 9.43. The summed E-state index contributed by atoms with van der Waals surface area (Å²) in [6.07, 6.45) is 16.5. The molecule has 0 aliphatic rings. The molecule has 0 saturated heterocycles. The Morgan fingerprint density at radius 1 is 0.875 bits per heavy atom. The largest absolute Gasteiger partial charge is 0.322 e. The third-order valence-electron chi connectivity index (χ3n) is 5.15. The lowest BCUT2D eigenvalue weighted by Gasteiger charge is -2.30. The van der Waals surface area contributed by atoms with Crippen LogP contribution in [0.4, 0.5) is 0 Å². The number of nitrogens with two attached hydrogens (primary N) is 1. The number of hydrogen-bond donors (Lipinski definition) is 1. The molecule has 0 radical (unpaired) electrons. The summed E-state index contributed by atoms with van der Waals surface area (Å²) in [5.74, 6) is 2.53. The zero-order chi connectivity index (χ0) is 18.8. The van der Waals surface area contributed by atoms with Crippen LogP contribution in [0.25, 0.3) is 0 Å². The molecule has 2 N–H and O–H groups in total. The van der Waals surface area contributed by atoms with Crippen molar-refractivity contribution in [3.8, 4) is 0 Å². The van der Waals surface area contributed by atoms with Gasteiger partial charge in [-0.05, 0) is 56.3 Å². The average Bonchev–Trinajstić information content (AvgIpc) is 2.42. The third kappa shape index (κ3) is 11.9. The van der Waals surface area contributed by atoms with Crippen molar-refractivity contribution in [2.45, 2.75) is 99.5 Å². The summed E-state index contributed by atoms with van der Waals surface area (Å²) in [4.78, 5) is 0. The summed E-state index contributed by atoms with van der Waals surface area (Å²) < 4.78 is 0. The minimum absolute atomic E-state index is 0.152. The van der Waals surface area contributed by atoms with Gasteiger partial charge in [-0.15, -0.1) is 0 Å². The SMILES string of the molecule is C/C=C/C(C)(N)CC(C)(C)/C=C/CCCC(C)C(C)CCC(C)C. The summed E-state index contributed by atoms with van der Waals surface area (Å²) in [5.41, 5.74) is 6.28. The van der Waals surface area contributed by atoms with Gasteiger partial charge in [-0.2, -0.15) is 0 Å². The molecule has 0 aromatic carbocycles. The lowest BCUT2D eigenvalue weighted by molar-refractivity contribution is 0.316. The highest BCUT2D eigenvalue weighted by Crippen LogP contribution is 2.29. The molecule has 0 aliphatic carbocycles. The molecule has 0 fully saturated rings. The highest BCUT2D eigenvalue weighted by molar-refractivity contribution is 5.07.